The zero-order valence-electron chi connectivity index (χ0n) is 40.6. The lowest BCUT2D eigenvalue weighted by Crippen LogP contribution is -2.49. The smallest absolute Gasteiger partial charge is 0.380 e. The molecule has 3 aliphatic heterocycles. The highest BCUT2D eigenvalue weighted by Gasteiger charge is 2.48. The summed E-state index contributed by atoms with van der Waals surface area (Å²) in [4.78, 5) is 21.9. The van der Waals surface area contributed by atoms with Crippen molar-refractivity contribution < 1.29 is 34.8 Å². The molecule has 0 radical (unpaired) electrons. The summed E-state index contributed by atoms with van der Waals surface area (Å²) in [6, 6.07) is 26.2. The van der Waals surface area contributed by atoms with Gasteiger partial charge in [-0.05, 0) is 135 Å². The van der Waals surface area contributed by atoms with Gasteiger partial charge in [0.05, 0.1) is 10.6 Å². The average molecular weight is 1090 g/mol. The number of piperazine rings is 2. The second kappa shape index (κ2) is 24.7. The Kier molecular flexibility index (Phi) is 19.1. The van der Waals surface area contributed by atoms with E-state index >= 15 is 0 Å². The number of rotatable bonds is 18. The number of piperidine rings is 1. The molecule has 3 fully saturated rings. The topological polar surface area (TPSA) is 134 Å². The molecule has 0 unspecified atom stereocenters. The van der Waals surface area contributed by atoms with Crippen molar-refractivity contribution in [1.29, 1.82) is 0 Å². The highest BCUT2D eigenvalue weighted by molar-refractivity contribution is 7.99. The predicted octanol–water partition coefficient (Wildman–Crippen LogP) is 9.29. The van der Waals surface area contributed by atoms with Crippen molar-refractivity contribution in [1.82, 2.24) is 24.7 Å². The minimum absolute atomic E-state index is 0. The van der Waals surface area contributed by atoms with E-state index in [0.29, 0.717) is 24.8 Å². The number of carbonyl (C=O) groups excluding carboxylic acids is 1. The van der Waals surface area contributed by atoms with Crippen molar-refractivity contribution in [2.45, 2.75) is 78.1 Å². The molecule has 2 atom stereocenters. The van der Waals surface area contributed by atoms with Gasteiger partial charge >= 0.3 is 5.51 Å². The third-order valence-electron chi connectivity index (χ3n) is 14.2. The number of likely N-dealkylation sites (tertiary alicyclic amines) is 1. The van der Waals surface area contributed by atoms with Crippen LogP contribution in [0.4, 0.5) is 24.5 Å². The van der Waals surface area contributed by atoms with Crippen LogP contribution in [0.25, 0.3) is 5.57 Å². The molecule has 4 aliphatic rings. The number of amides is 1. The number of thioether (sulfide) groups is 1. The lowest BCUT2D eigenvalue weighted by atomic mass is 9.71. The molecular formula is C52H66Cl2F3N7O5S3. The number of hydrogen-bond acceptors (Lipinski definition) is 12. The van der Waals surface area contributed by atoms with E-state index in [1.807, 2.05) is 47.2 Å². The second-order valence-corrected chi connectivity index (χ2v) is 24.7. The van der Waals surface area contributed by atoms with Crippen molar-refractivity contribution >= 4 is 78.5 Å². The fourth-order valence-electron chi connectivity index (χ4n) is 10.3. The van der Waals surface area contributed by atoms with Crippen LogP contribution in [-0.4, -0.2) is 140 Å². The third-order valence-corrected chi connectivity index (χ3v) is 18.5. The lowest BCUT2D eigenvalue weighted by Gasteiger charge is -2.43. The SMILES string of the molecule is C[C@@]1(CN2CCNCC2)CCC(c2ccc(Cl)cc2)=C(CN2CCN(c3ccc(C(=O)NS(=O)(=O)c4ccc(N[C@H](CCN5CCCCC5)CSc5ccccc5)c(S(=O)(=O)C(F)(F)F)c4)cc3)CC2)C1.Cl. The van der Waals surface area contributed by atoms with Crippen molar-refractivity contribution in [2.24, 2.45) is 5.41 Å². The van der Waals surface area contributed by atoms with Gasteiger partial charge in [-0.15, -0.1) is 24.2 Å². The molecule has 4 aromatic rings. The number of sulfonamides is 1. The molecule has 3 N–H and O–H groups in total. The zero-order chi connectivity index (χ0) is 50.2. The molecule has 20 heteroatoms. The summed E-state index contributed by atoms with van der Waals surface area (Å²) in [5.74, 6) is -0.614. The zero-order valence-corrected chi connectivity index (χ0v) is 44.7. The summed E-state index contributed by atoms with van der Waals surface area (Å²) in [6.07, 6.45) is 6.89. The maximum absolute atomic E-state index is 14.3. The first-order chi connectivity index (χ1) is 33.9. The molecule has 392 valence electrons. The van der Waals surface area contributed by atoms with Crippen LogP contribution in [0.1, 0.15) is 67.8 Å². The van der Waals surface area contributed by atoms with Crippen LogP contribution in [0, 0.1) is 5.41 Å². The van der Waals surface area contributed by atoms with Crippen molar-refractivity contribution in [2.75, 3.05) is 101 Å². The van der Waals surface area contributed by atoms with Gasteiger partial charge in [-0.2, -0.15) is 13.2 Å². The van der Waals surface area contributed by atoms with Gasteiger partial charge in [-0.3, -0.25) is 9.69 Å². The van der Waals surface area contributed by atoms with Gasteiger partial charge in [0.2, 0.25) is 0 Å². The van der Waals surface area contributed by atoms with Gasteiger partial charge in [0.15, 0.2) is 0 Å². The molecule has 3 heterocycles. The van der Waals surface area contributed by atoms with Crippen LogP contribution in [0.5, 0.6) is 0 Å². The normalized spacial score (nSPS) is 20.4. The van der Waals surface area contributed by atoms with Crippen LogP contribution in [-0.2, 0) is 19.9 Å². The monoisotopic (exact) mass is 1090 g/mol. The number of allylic oxidation sites excluding steroid dienone is 1. The summed E-state index contributed by atoms with van der Waals surface area (Å²) in [5, 5.41) is 7.22. The number of nitrogens with zero attached hydrogens (tertiary/aromatic N) is 4. The second-order valence-electron chi connectivity index (χ2n) is 19.6. The number of carbonyl (C=O) groups is 1. The number of anilines is 2. The molecule has 0 aromatic heterocycles. The van der Waals surface area contributed by atoms with Crippen LogP contribution in [0.3, 0.4) is 0 Å². The molecule has 3 saturated heterocycles. The summed E-state index contributed by atoms with van der Waals surface area (Å²) in [5.41, 5.74) is -0.955. The molecular weight excluding hydrogens is 1030 g/mol. The van der Waals surface area contributed by atoms with Crippen molar-refractivity contribution in [3.05, 3.63) is 119 Å². The Morgan fingerprint density at radius 2 is 1.50 bits per heavy atom. The first kappa shape index (κ1) is 55.9. The molecule has 1 amide bonds. The number of alkyl halides is 3. The molecule has 12 nitrogen and oxygen atoms in total. The van der Waals surface area contributed by atoms with E-state index in [1.165, 1.54) is 40.6 Å². The van der Waals surface area contributed by atoms with E-state index in [1.54, 1.807) is 12.1 Å². The number of hydrogen-bond donors (Lipinski definition) is 3. The van der Waals surface area contributed by atoms with Gasteiger partial charge in [-0.25, -0.2) is 21.6 Å². The maximum Gasteiger partial charge on any atom is 0.501 e. The Balaban J connectivity index is 0.00000760. The summed E-state index contributed by atoms with van der Waals surface area (Å²) in [6.45, 7) is 14.1. The van der Waals surface area contributed by atoms with Gasteiger partial charge < -0.3 is 25.3 Å². The molecule has 1 aliphatic carbocycles. The summed E-state index contributed by atoms with van der Waals surface area (Å²) >= 11 is 7.76. The molecule has 8 rings (SSSR count). The Hall–Kier alpha value is -3.85. The van der Waals surface area contributed by atoms with Gasteiger partial charge in [0, 0.05) is 105 Å². The van der Waals surface area contributed by atoms with E-state index in [-0.39, 0.29) is 29.1 Å². The molecule has 0 bridgehead atoms. The van der Waals surface area contributed by atoms with Crippen LogP contribution in [0.2, 0.25) is 5.02 Å². The quantitative estimate of drug-likeness (QED) is 0.0821. The maximum atomic E-state index is 14.3. The Morgan fingerprint density at radius 1 is 0.819 bits per heavy atom. The highest BCUT2D eigenvalue weighted by Crippen LogP contribution is 2.44. The molecule has 72 heavy (non-hydrogen) atoms. The predicted molar refractivity (Wildman–Crippen MR) is 286 cm³/mol. The van der Waals surface area contributed by atoms with E-state index in [9.17, 15) is 34.8 Å². The Labute approximate surface area is 438 Å². The van der Waals surface area contributed by atoms with Crippen molar-refractivity contribution in [3.8, 4) is 0 Å². The van der Waals surface area contributed by atoms with E-state index in [2.05, 4.69) is 49.3 Å². The average Bonchev–Trinajstić information content (AvgIpc) is 3.36. The van der Waals surface area contributed by atoms with Gasteiger partial charge in [0.25, 0.3) is 25.8 Å². The minimum Gasteiger partial charge on any atom is -0.380 e. The van der Waals surface area contributed by atoms with Crippen LogP contribution >= 0.6 is 35.8 Å². The molecule has 4 aromatic carbocycles. The van der Waals surface area contributed by atoms with E-state index < -0.39 is 47.1 Å². The first-order valence-corrected chi connectivity index (χ1v) is 28.9. The molecule has 0 spiro atoms. The number of benzene rings is 4. The van der Waals surface area contributed by atoms with E-state index in [4.69, 9.17) is 11.6 Å². The van der Waals surface area contributed by atoms with Crippen LogP contribution in [0.15, 0.2) is 117 Å². The Bertz CT molecular complexity index is 2700. The largest absolute Gasteiger partial charge is 0.501 e. The van der Waals surface area contributed by atoms with Crippen LogP contribution < -0.4 is 20.3 Å². The summed E-state index contributed by atoms with van der Waals surface area (Å²) in [7, 11) is -10.9. The highest BCUT2D eigenvalue weighted by atomic mass is 35.5. The first-order valence-electron chi connectivity index (χ1n) is 24.6. The van der Waals surface area contributed by atoms with Crippen molar-refractivity contribution in [3.63, 3.8) is 0 Å². The fraction of sp³-hybridized carbons (Fsp3) is 0.481. The number of sulfone groups is 1. The lowest BCUT2D eigenvalue weighted by molar-refractivity contribution is -0.0435. The molecule has 0 saturated carbocycles. The van der Waals surface area contributed by atoms with Gasteiger partial charge in [0.1, 0.15) is 4.90 Å². The van der Waals surface area contributed by atoms with Gasteiger partial charge in [-0.1, -0.05) is 60.9 Å². The standard InChI is InChI=1S/C52H65ClF3N7O5S3.ClH/c1-51(38-62-28-23-57-24-29-62)22-20-47(39-10-14-42(53)15-11-39)41(35-51)36-61-30-32-63(33-31-61)44-16-12-40(13-17-44)50(64)59-71(67,68)46-18-19-48(49(34-46)70(65,66)52(54,55)56)58-43(21-27-60-25-6-3-7-26-60)37-69-45-8-4-2-5-9-45;/h2,4-5,8-19,34,43,57-58H,3,6-7,20-33,35-38H2,1H3,(H,59,64);1H/t43-,51-;/m1./s1. The number of halogens is 5. The Morgan fingerprint density at radius 3 is 2.17 bits per heavy atom. The van der Waals surface area contributed by atoms with E-state index in [0.717, 1.165) is 145 Å². The number of nitrogens with one attached hydrogen (secondary N) is 3. The summed E-state index contributed by atoms with van der Waals surface area (Å²) < 4.78 is 98.3. The minimum atomic E-state index is -6.04. The third kappa shape index (κ3) is 14.5. The fourth-order valence-corrected chi connectivity index (χ4v) is 13.4.